The highest BCUT2D eigenvalue weighted by Gasteiger charge is 2.02. The van der Waals surface area contributed by atoms with Crippen LogP contribution in [0.15, 0.2) is 11.6 Å². The topological polar surface area (TPSA) is 69.4 Å². The number of primary amides is 1. The van der Waals surface area contributed by atoms with E-state index < -0.39 is 11.9 Å². The molecule has 0 aromatic rings. The molecule has 10 heavy (non-hydrogen) atoms. The molecule has 0 aliphatic carbocycles. The van der Waals surface area contributed by atoms with Crippen LogP contribution < -0.4 is 5.73 Å². The average Bonchev–Trinajstić information content (AvgIpc) is 1.85. The number of hydrogen-bond donors (Lipinski definition) is 1. The van der Waals surface area contributed by atoms with Gasteiger partial charge in [0.15, 0.2) is 0 Å². The lowest BCUT2D eigenvalue weighted by Crippen LogP contribution is -2.10. The van der Waals surface area contributed by atoms with Crippen molar-refractivity contribution >= 4 is 11.9 Å². The van der Waals surface area contributed by atoms with Crippen LogP contribution in [0.5, 0.6) is 0 Å². The second-order valence-corrected chi connectivity index (χ2v) is 1.72. The Morgan fingerprint density at radius 3 is 2.30 bits per heavy atom. The minimum Gasteiger partial charge on any atom is -0.466 e. The number of rotatable bonds is 2. The molecular formula is C6H9NO3. The summed E-state index contributed by atoms with van der Waals surface area (Å²) in [7, 11) is 1.24. The molecule has 0 aliphatic heterocycles. The smallest absolute Gasteiger partial charge is 0.333 e. The summed E-state index contributed by atoms with van der Waals surface area (Å²) in [4.78, 5) is 20.7. The third kappa shape index (κ3) is 2.86. The van der Waals surface area contributed by atoms with E-state index in [-0.39, 0.29) is 5.57 Å². The molecule has 2 N–H and O–H groups in total. The fourth-order valence-electron chi connectivity index (χ4n) is 0.433. The molecular weight excluding hydrogens is 134 g/mol. The van der Waals surface area contributed by atoms with E-state index in [1.165, 1.54) is 14.0 Å². The van der Waals surface area contributed by atoms with Crippen LogP contribution in [-0.4, -0.2) is 19.0 Å². The lowest BCUT2D eigenvalue weighted by Gasteiger charge is -1.94. The molecule has 0 aromatic carbocycles. The highest BCUT2D eigenvalue weighted by molar-refractivity contribution is 5.97. The van der Waals surface area contributed by atoms with Crippen molar-refractivity contribution in [3.8, 4) is 0 Å². The third-order valence-electron chi connectivity index (χ3n) is 0.866. The van der Waals surface area contributed by atoms with Gasteiger partial charge >= 0.3 is 5.97 Å². The van der Waals surface area contributed by atoms with Crippen LogP contribution in [-0.2, 0) is 14.3 Å². The highest BCUT2D eigenvalue weighted by atomic mass is 16.5. The zero-order chi connectivity index (χ0) is 8.15. The molecule has 0 fully saturated rings. The van der Waals surface area contributed by atoms with E-state index >= 15 is 0 Å². The fraction of sp³-hybridized carbons (Fsp3) is 0.333. The van der Waals surface area contributed by atoms with Gasteiger partial charge in [0.05, 0.1) is 7.11 Å². The van der Waals surface area contributed by atoms with Crippen molar-refractivity contribution in [2.75, 3.05) is 7.11 Å². The number of methoxy groups -OCH3 is 1. The Hall–Kier alpha value is -1.32. The first-order valence-electron chi connectivity index (χ1n) is 2.64. The van der Waals surface area contributed by atoms with Gasteiger partial charge in [-0.25, -0.2) is 4.79 Å². The van der Waals surface area contributed by atoms with Gasteiger partial charge in [-0.2, -0.15) is 0 Å². The second-order valence-electron chi connectivity index (χ2n) is 1.72. The van der Waals surface area contributed by atoms with E-state index in [4.69, 9.17) is 5.73 Å². The van der Waals surface area contributed by atoms with Gasteiger partial charge in [-0.3, -0.25) is 4.79 Å². The zero-order valence-corrected chi connectivity index (χ0v) is 5.88. The summed E-state index contributed by atoms with van der Waals surface area (Å²) in [6, 6.07) is 0. The van der Waals surface area contributed by atoms with Crippen molar-refractivity contribution in [1.29, 1.82) is 0 Å². The normalized spacial score (nSPS) is 10.8. The van der Waals surface area contributed by atoms with E-state index in [2.05, 4.69) is 4.74 Å². The van der Waals surface area contributed by atoms with Gasteiger partial charge in [0.25, 0.3) is 0 Å². The Kier molecular flexibility index (Phi) is 3.17. The number of hydrogen-bond acceptors (Lipinski definition) is 3. The first kappa shape index (κ1) is 8.68. The molecule has 1 amide bonds. The number of ether oxygens (including phenoxy) is 1. The van der Waals surface area contributed by atoms with E-state index in [9.17, 15) is 9.59 Å². The number of esters is 1. The standard InChI is InChI=1S/C6H9NO3/c1-4(3-5(7)8)6(9)10-2/h3H,1-2H3,(H2,7,8). The Morgan fingerprint density at radius 1 is 1.50 bits per heavy atom. The molecule has 0 bridgehead atoms. The summed E-state index contributed by atoms with van der Waals surface area (Å²) in [5, 5.41) is 0. The molecule has 0 saturated carbocycles. The molecule has 4 nitrogen and oxygen atoms in total. The van der Waals surface area contributed by atoms with Gasteiger partial charge in [-0.15, -0.1) is 0 Å². The summed E-state index contributed by atoms with van der Waals surface area (Å²) < 4.78 is 4.30. The lowest BCUT2D eigenvalue weighted by molar-refractivity contribution is -0.136. The lowest BCUT2D eigenvalue weighted by atomic mass is 10.3. The molecule has 0 rings (SSSR count). The van der Waals surface area contributed by atoms with Crippen molar-refractivity contribution in [2.24, 2.45) is 5.73 Å². The largest absolute Gasteiger partial charge is 0.466 e. The van der Waals surface area contributed by atoms with Gasteiger partial charge in [0.2, 0.25) is 5.91 Å². The number of carbonyl (C=O) groups excluding carboxylic acids is 2. The Bertz CT molecular complexity index is 183. The monoisotopic (exact) mass is 143 g/mol. The molecule has 0 aromatic heterocycles. The Balaban J connectivity index is 4.19. The summed E-state index contributed by atoms with van der Waals surface area (Å²) in [6.45, 7) is 1.45. The van der Waals surface area contributed by atoms with Gasteiger partial charge < -0.3 is 10.5 Å². The van der Waals surface area contributed by atoms with Crippen LogP contribution in [0.25, 0.3) is 0 Å². The molecule has 4 heteroatoms. The van der Waals surface area contributed by atoms with Crippen molar-refractivity contribution in [1.82, 2.24) is 0 Å². The van der Waals surface area contributed by atoms with Gasteiger partial charge in [0.1, 0.15) is 0 Å². The molecule has 0 atom stereocenters. The number of amides is 1. The van der Waals surface area contributed by atoms with Crippen LogP contribution in [0, 0.1) is 0 Å². The molecule has 0 spiro atoms. The molecule has 0 saturated heterocycles. The van der Waals surface area contributed by atoms with Gasteiger partial charge in [-0.1, -0.05) is 0 Å². The van der Waals surface area contributed by atoms with E-state index in [1.807, 2.05) is 0 Å². The maximum absolute atomic E-state index is 10.5. The molecule has 0 unspecified atom stereocenters. The SMILES string of the molecule is COC(=O)C(C)=CC(N)=O. The van der Waals surface area contributed by atoms with Crippen LogP contribution in [0.4, 0.5) is 0 Å². The van der Waals surface area contributed by atoms with Gasteiger partial charge in [-0.05, 0) is 6.92 Å². The van der Waals surface area contributed by atoms with Crippen molar-refractivity contribution in [3.63, 3.8) is 0 Å². The quantitative estimate of drug-likeness (QED) is 0.422. The summed E-state index contributed by atoms with van der Waals surface area (Å²) >= 11 is 0. The first-order valence-corrected chi connectivity index (χ1v) is 2.64. The summed E-state index contributed by atoms with van der Waals surface area (Å²) in [5.74, 6) is -1.19. The van der Waals surface area contributed by atoms with Crippen LogP contribution in [0.1, 0.15) is 6.92 Å². The van der Waals surface area contributed by atoms with Crippen LogP contribution in [0.3, 0.4) is 0 Å². The molecule has 56 valence electrons. The van der Waals surface area contributed by atoms with Crippen molar-refractivity contribution < 1.29 is 14.3 Å². The van der Waals surface area contributed by atoms with Crippen LogP contribution >= 0.6 is 0 Å². The van der Waals surface area contributed by atoms with E-state index in [0.717, 1.165) is 6.08 Å². The number of carbonyl (C=O) groups is 2. The van der Waals surface area contributed by atoms with Crippen molar-refractivity contribution in [3.05, 3.63) is 11.6 Å². The zero-order valence-electron chi connectivity index (χ0n) is 5.88. The Labute approximate surface area is 58.7 Å². The third-order valence-corrected chi connectivity index (χ3v) is 0.866. The maximum atomic E-state index is 10.5. The first-order chi connectivity index (χ1) is 4.57. The van der Waals surface area contributed by atoms with E-state index in [1.54, 1.807) is 0 Å². The molecule has 0 heterocycles. The number of nitrogens with two attached hydrogens (primary N) is 1. The van der Waals surface area contributed by atoms with Crippen LogP contribution in [0.2, 0.25) is 0 Å². The van der Waals surface area contributed by atoms with E-state index in [0.29, 0.717) is 0 Å². The highest BCUT2D eigenvalue weighted by Crippen LogP contribution is 1.93. The van der Waals surface area contributed by atoms with Gasteiger partial charge in [0, 0.05) is 11.6 Å². The molecule has 0 aliphatic rings. The summed E-state index contributed by atoms with van der Waals surface area (Å²) in [5.41, 5.74) is 4.97. The second kappa shape index (κ2) is 3.66. The maximum Gasteiger partial charge on any atom is 0.333 e. The fourth-order valence-corrected chi connectivity index (χ4v) is 0.433. The van der Waals surface area contributed by atoms with Crippen molar-refractivity contribution in [2.45, 2.75) is 6.92 Å². The summed E-state index contributed by atoms with van der Waals surface area (Å²) in [6.07, 6.45) is 1.02. The minimum absolute atomic E-state index is 0.204. The minimum atomic E-state index is -0.650. The average molecular weight is 143 g/mol. The predicted octanol–water partition coefficient (Wildman–Crippen LogP) is -0.409. The Morgan fingerprint density at radius 2 is 2.00 bits per heavy atom. The molecule has 0 radical (unpaired) electrons. The predicted molar refractivity (Wildman–Crippen MR) is 35.0 cm³/mol.